The first-order valence-corrected chi connectivity index (χ1v) is 6.45. The number of ether oxygens (including phenoxy) is 1. The Labute approximate surface area is 112 Å². The van der Waals surface area contributed by atoms with Gasteiger partial charge in [0.2, 0.25) is 11.8 Å². The van der Waals surface area contributed by atoms with Gasteiger partial charge in [-0.05, 0) is 25.5 Å². The van der Waals surface area contributed by atoms with Gasteiger partial charge in [0, 0.05) is 11.8 Å². The highest BCUT2D eigenvalue weighted by Crippen LogP contribution is 2.21. The summed E-state index contributed by atoms with van der Waals surface area (Å²) in [5.41, 5.74) is 0.774. The standard InChI is InChI=1S/C14H18N2O3/c1-3-9(2)19-11-6-4-5-10(7-11)15-12-8-13(17)16-14(12)18/h4-7,9,12,15H,3,8H2,1-2H3,(H,16,17,18). The van der Waals surface area contributed by atoms with Gasteiger partial charge in [-0.25, -0.2) is 0 Å². The number of amides is 2. The zero-order valence-corrected chi connectivity index (χ0v) is 11.1. The van der Waals surface area contributed by atoms with E-state index in [9.17, 15) is 9.59 Å². The summed E-state index contributed by atoms with van der Waals surface area (Å²) in [7, 11) is 0. The minimum Gasteiger partial charge on any atom is -0.491 e. The number of hydrogen-bond acceptors (Lipinski definition) is 4. The van der Waals surface area contributed by atoms with Gasteiger partial charge < -0.3 is 10.1 Å². The molecule has 19 heavy (non-hydrogen) atoms. The predicted octanol–water partition coefficient (Wildman–Crippen LogP) is 1.69. The van der Waals surface area contributed by atoms with Gasteiger partial charge in [0.1, 0.15) is 11.8 Å². The molecule has 0 aromatic heterocycles. The molecule has 2 unspecified atom stereocenters. The molecule has 0 radical (unpaired) electrons. The van der Waals surface area contributed by atoms with Gasteiger partial charge >= 0.3 is 0 Å². The minimum absolute atomic E-state index is 0.145. The molecule has 1 saturated heterocycles. The summed E-state index contributed by atoms with van der Waals surface area (Å²) in [6.45, 7) is 4.06. The molecular weight excluding hydrogens is 244 g/mol. The fourth-order valence-electron chi connectivity index (χ4n) is 1.85. The third-order valence-corrected chi connectivity index (χ3v) is 3.06. The van der Waals surface area contributed by atoms with Crippen molar-refractivity contribution in [3.63, 3.8) is 0 Å². The van der Waals surface area contributed by atoms with Gasteiger partial charge in [0.05, 0.1) is 12.5 Å². The van der Waals surface area contributed by atoms with Crippen molar-refractivity contribution in [2.45, 2.75) is 38.8 Å². The molecule has 0 bridgehead atoms. The van der Waals surface area contributed by atoms with Gasteiger partial charge in [-0.2, -0.15) is 0 Å². The first-order chi connectivity index (χ1) is 9.08. The first-order valence-electron chi connectivity index (χ1n) is 6.45. The highest BCUT2D eigenvalue weighted by molar-refractivity contribution is 6.06. The molecule has 2 N–H and O–H groups in total. The largest absolute Gasteiger partial charge is 0.491 e. The number of anilines is 1. The molecule has 2 rings (SSSR count). The smallest absolute Gasteiger partial charge is 0.249 e. The molecule has 5 heteroatoms. The fourth-order valence-corrected chi connectivity index (χ4v) is 1.85. The summed E-state index contributed by atoms with van der Waals surface area (Å²) in [6.07, 6.45) is 1.25. The van der Waals surface area contributed by atoms with Gasteiger partial charge in [-0.1, -0.05) is 13.0 Å². The van der Waals surface area contributed by atoms with E-state index in [0.29, 0.717) is 0 Å². The Morgan fingerprint density at radius 1 is 1.47 bits per heavy atom. The average Bonchev–Trinajstić information content (AvgIpc) is 2.68. The van der Waals surface area contributed by atoms with Crippen molar-refractivity contribution in [3.05, 3.63) is 24.3 Å². The number of carbonyl (C=O) groups is 2. The molecule has 1 aromatic carbocycles. The van der Waals surface area contributed by atoms with Crippen LogP contribution in [0.2, 0.25) is 0 Å². The van der Waals surface area contributed by atoms with E-state index < -0.39 is 6.04 Å². The molecule has 0 aliphatic carbocycles. The topological polar surface area (TPSA) is 67.4 Å². The molecule has 1 heterocycles. The lowest BCUT2D eigenvalue weighted by Gasteiger charge is -2.15. The second-order valence-corrected chi connectivity index (χ2v) is 4.68. The lowest BCUT2D eigenvalue weighted by atomic mass is 10.2. The van der Waals surface area contributed by atoms with Crippen LogP contribution in [0.5, 0.6) is 5.75 Å². The van der Waals surface area contributed by atoms with Crippen molar-refractivity contribution in [1.82, 2.24) is 5.32 Å². The van der Waals surface area contributed by atoms with E-state index in [0.717, 1.165) is 17.9 Å². The van der Waals surface area contributed by atoms with Crippen LogP contribution in [0.15, 0.2) is 24.3 Å². The fraction of sp³-hybridized carbons (Fsp3) is 0.429. The van der Waals surface area contributed by atoms with Crippen LogP contribution in [0.3, 0.4) is 0 Å². The Bertz CT molecular complexity index is 487. The van der Waals surface area contributed by atoms with Crippen LogP contribution < -0.4 is 15.4 Å². The Hall–Kier alpha value is -2.04. The van der Waals surface area contributed by atoms with Crippen LogP contribution >= 0.6 is 0 Å². The normalized spacial score (nSPS) is 20.0. The second kappa shape index (κ2) is 5.73. The molecule has 102 valence electrons. The summed E-state index contributed by atoms with van der Waals surface area (Å²) >= 11 is 0. The van der Waals surface area contributed by atoms with Gasteiger partial charge in [0.15, 0.2) is 0 Å². The lowest BCUT2D eigenvalue weighted by Crippen LogP contribution is -2.30. The molecular formula is C14H18N2O3. The third-order valence-electron chi connectivity index (χ3n) is 3.06. The van der Waals surface area contributed by atoms with Crippen molar-refractivity contribution < 1.29 is 14.3 Å². The highest BCUT2D eigenvalue weighted by atomic mass is 16.5. The van der Waals surface area contributed by atoms with Gasteiger partial charge in [-0.15, -0.1) is 0 Å². The molecule has 5 nitrogen and oxygen atoms in total. The summed E-state index contributed by atoms with van der Waals surface area (Å²) in [5.74, 6) is 0.233. The number of benzene rings is 1. The van der Waals surface area contributed by atoms with E-state index in [4.69, 9.17) is 4.74 Å². The lowest BCUT2D eigenvalue weighted by molar-refractivity contribution is -0.124. The molecule has 1 fully saturated rings. The van der Waals surface area contributed by atoms with E-state index in [1.165, 1.54) is 0 Å². The first kappa shape index (κ1) is 13.4. The maximum absolute atomic E-state index is 11.5. The average molecular weight is 262 g/mol. The van der Waals surface area contributed by atoms with Crippen molar-refractivity contribution in [3.8, 4) is 5.75 Å². The highest BCUT2D eigenvalue weighted by Gasteiger charge is 2.30. The maximum atomic E-state index is 11.5. The molecule has 2 amide bonds. The molecule has 1 aromatic rings. The summed E-state index contributed by atoms with van der Waals surface area (Å²) in [6, 6.07) is 6.92. The summed E-state index contributed by atoms with van der Waals surface area (Å²) in [5, 5.41) is 5.31. The Morgan fingerprint density at radius 2 is 2.26 bits per heavy atom. The van der Waals surface area contributed by atoms with E-state index in [1.807, 2.05) is 31.2 Å². The Balaban J connectivity index is 2.03. The molecule has 2 atom stereocenters. The van der Waals surface area contributed by atoms with Crippen LogP contribution in [0.1, 0.15) is 26.7 Å². The number of carbonyl (C=O) groups excluding carboxylic acids is 2. The van der Waals surface area contributed by atoms with Gasteiger partial charge in [0.25, 0.3) is 0 Å². The molecule has 1 aliphatic heterocycles. The van der Waals surface area contributed by atoms with E-state index in [1.54, 1.807) is 0 Å². The zero-order valence-electron chi connectivity index (χ0n) is 11.1. The zero-order chi connectivity index (χ0) is 13.8. The summed E-state index contributed by atoms with van der Waals surface area (Å²) in [4.78, 5) is 22.6. The quantitative estimate of drug-likeness (QED) is 0.792. The van der Waals surface area contributed by atoms with Crippen molar-refractivity contribution >= 4 is 17.5 Å². The Kier molecular flexibility index (Phi) is 4.04. The number of rotatable bonds is 5. The monoisotopic (exact) mass is 262 g/mol. The van der Waals surface area contributed by atoms with Crippen molar-refractivity contribution in [2.75, 3.05) is 5.32 Å². The molecule has 0 spiro atoms. The molecule has 0 saturated carbocycles. The minimum atomic E-state index is -0.494. The van der Waals surface area contributed by atoms with Crippen LogP contribution in [0.4, 0.5) is 5.69 Å². The van der Waals surface area contributed by atoms with E-state index >= 15 is 0 Å². The third kappa shape index (κ3) is 3.47. The van der Waals surface area contributed by atoms with Crippen LogP contribution in [-0.4, -0.2) is 24.0 Å². The van der Waals surface area contributed by atoms with Gasteiger partial charge in [-0.3, -0.25) is 14.9 Å². The van der Waals surface area contributed by atoms with Crippen LogP contribution in [0, 0.1) is 0 Å². The SMILES string of the molecule is CCC(C)Oc1cccc(NC2CC(=O)NC2=O)c1. The predicted molar refractivity (Wildman–Crippen MR) is 72.0 cm³/mol. The maximum Gasteiger partial charge on any atom is 0.249 e. The van der Waals surface area contributed by atoms with E-state index in [-0.39, 0.29) is 24.3 Å². The number of nitrogens with one attached hydrogen (secondary N) is 2. The van der Waals surface area contributed by atoms with Crippen molar-refractivity contribution in [1.29, 1.82) is 0 Å². The van der Waals surface area contributed by atoms with Crippen molar-refractivity contribution in [2.24, 2.45) is 0 Å². The Morgan fingerprint density at radius 3 is 2.89 bits per heavy atom. The summed E-state index contributed by atoms with van der Waals surface area (Å²) < 4.78 is 5.71. The van der Waals surface area contributed by atoms with Crippen LogP contribution in [-0.2, 0) is 9.59 Å². The number of hydrogen-bond donors (Lipinski definition) is 2. The number of imide groups is 1. The molecule has 1 aliphatic rings. The van der Waals surface area contributed by atoms with Crippen LogP contribution in [0.25, 0.3) is 0 Å². The second-order valence-electron chi connectivity index (χ2n) is 4.68. The van der Waals surface area contributed by atoms with E-state index in [2.05, 4.69) is 17.6 Å².